The normalized spacial score (nSPS) is 28.4. The molecule has 0 radical (unpaired) electrons. The van der Waals surface area contributed by atoms with Crippen LogP contribution in [0, 0.1) is 0 Å². The Morgan fingerprint density at radius 3 is 3.00 bits per heavy atom. The molecule has 40 valence electrons. The molecule has 1 rings (SSSR count). The molecule has 0 aromatic heterocycles. The molecule has 1 unspecified atom stereocenters. The Morgan fingerprint density at radius 1 is 1.86 bits per heavy atom. The number of thiol groups is 1. The van der Waals surface area contributed by atoms with Gasteiger partial charge in [0.15, 0.2) is 0 Å². The molecule has 3 heteroatoms. The fourth-order valence-corrected chi connectivity index (χ4v) is 0.565. The van der Waals surface area contributed by atoms with Crippen molar-refractivity contribution in [3.05, 3.63) is 12.5 Å². The van der Waals surface area contributed by atoms with Gasteiger partial charge in [-0.3, -0.25) is 0 Å². The van der Waals surface area contributed by atoms with Crippen LogP contribution in [0.15, 0.2) is 12.5 Å². The lowest BCUT2D eigenvalue weighted by atomic mass is 10.6. The highest BCUT2D eigenvalue weighted by Crippen LogP contribution is 1.95. The highest BCUT2D eigenvalue weighted by Gasteiger charge is 2.00. The van der Waals surface area contributed by atoms with E-state index in [1.807, 2.05) is 0 Å². The number of rotatable bonds is 0. The zero-order chi connectivity index (χ0) is 5.11. The molecule has 0 saturated carbocycles. The average Bonchev–Trinajstić information content (AvgIpc) is 1.69. The van der Waals surface area contributed by atoms with Crippen molar-refractivity contribution in [3.63, 3.8) is 0 Å². The number of hydrogen-bond donors (Lipinski definition) is 2. The first kappa shape index (κ1) is 4.84. The maximum absolute atomic E-state index is 4.86. The van der Waals surface area contributed by atoms with Crippen molar-refractivity contribution < 1.29 is 4.74 Å². The first-order valence-electron chi connectivity index (χ1n) is 2.10. The van der Waals surface area contributed by atoms with Crippen LogP contribution in [-0.2, 0) is 4.74 Å². The maximum Gasteiger partial charge on any atom is 0.117 e. The van der Waals surface area contributed by atoms with Crippen LogP contribution >= 0.6 is 12.6 Å². The van der Waals surface area contributed by atoms with Crippen molar-refractivity contribution in [2.75, 3.05) is 6.61 Å². The van der Waals surface area contributed by atoms with Gasteiger partial charge in [-0.1, -0.05) is 0 Å². The zero-order valence-electron chi connectivity index (χ0n) is 3.79. The first-order valence-corrected chi connectivity index (χ1v) is 2.62. The highest BCUT2D eigenvalue weighted by atomic mass is 32.1. The molecule has 1 aliphatic heterocycles. The number of ether oxygens (including phenoxy) is 1. The number of hydrogen-bond acceptors (Lipinski definition) is 3. The van der Waals surface area contributed by atoms with Crippen LogP contribution in [0.5, 0.6) is 0 Å². The van der Waals surface area contributed by atoms with Gasteiger partial charge in [0.1, 0.15) is 12.0 Å². The summed E-state index contributed by atoms with van der Waals surface area (Å²) in [5, 5.41) is 3.11. The fraction of sp³-hybridized carbons (Fsp3) is 0.500. The van der Waals surface area contributed by atoms with Crippen molar-refractivity contribution in [2.24, 2.45) is 0 Å². The molecule has 2 nitrogen and oxygen atoms in total. The van der Waals surface area contributed by atoms with Gasteiger partial charge in [-0.2, -0.15) is 12.6 Å². The predicted octanol–water partition coefficient (Wildman–Crippen LogP) is 0.333. The molecule has 7 heavy (non-hydrogen) atoms. The van der Waals surface area contributed by atoms with Gasteiger partial charge in [-0.25, -0.2) is 0 Å². The quantitative estimate of drug-likeness (QED) is 0.446. The molecule has 0 spiro atoms. The standard InChI is InChI=1S/C4H7NOS/c7-4-3-6-2-1-5-4/h1-2,4-5,7H,3H2. The molecule has 0 aliphatic carbocycles. The minimum atomic E-state index is 0.171. The van der Waals surface area contributed by atoms with Gasteiger partial charge in [-0.15, -0.1) is 0 Å². The van der Waals surface area contributed by atoms with Crippen LogP contribution in [-0.4, -0.2) is 12.0 Å². The fourth-order valence-electron chi connectivity index (χ4n) is 0.393. The molecular weight excluding hydrogens is 110 g/mol. The van der Waals surface area contributed by atoms with E-state index in [4.69, 9.17) is 4.74 Å². The van der Waals surface area contributed by atoms with Gasteiger partial charge in [-0.05, 0) is 0 Å². The molecule has 1 aliphatic rings. The lowest BCUT2D eigenvalue weighted by Gasteiger charge is -2.13. The first-order chi connectivity index (χ1) is 3.39. The summed E-state index contributed by atoms with van der Waals surface area (Å²) in [5.74, 6) is 0. The van der Waals surface area contributed by atoms with E-state index in [1.54, 1.807) is 12.5 Å². The van der Waals surface area contributed by atoms with E-state index in [1.165, 1.54) is 0 Å². The van der Waals surface area contributed by atoms with Crippen molar-refractivity contribution in [3.8, 4) is 0 Å². The summed E-state index contributed by atoms with van der Waals surface area (Å²) in [7, 11) is 0. The second-order valence-electron chi connectivity index (χ2n) is 1.32. The van der Waals surface area contributed by atoms with Crippen LogP contribution in [0.2, 0.25) is 0 Å². The summed E-state index contributed by atoms with van der Waals surface area (Å²) >= 11 is 4.07. The SMILES string of the molecule is SC1COC=CN1. The summed E-state index contributed by atoms with van der Waals surface area (Å²) in [5.41, 5.74) is 0. The molecule has 0 amide bonds. The zero-order valence-corrected chi connectivity index (χ0v) is 4.69. The summed E-state index contributed by atoms with van der Waals surface area (Å²) in [6.45, 7) is 0.652. The van der Waals surface area contributed by atoms with E-state index in [2.05, 4.69) is 17.9 Å². The molecule has 1 heterocycles. The average molecular weight is 117 g/mol. The smallest absolute Gasteiger partial charge is 0.117 e. The molecule has 0 aromatic rings. The van der Waals surface area contributed by atoms with E-state index in [9.17, 15) is 0 Å². The van der Waals surface area contributed by atoms with Gasteiger partial charge in [0.2, 0.25) is 0 Å². The highest BCUT2D eigenvalue weighted by molar-refractivity contribution is 7.80. The van der Waals surface area contributed by atoms with E-state index in [0.717, 1.165) is 0 Å². The van der Waals surface area contributed by atoms with E-state index >= 15 is 0 Å². The molecule has 0 aromatic carbocycles. The van der Waals surface area contributed by atoms with Crippen LogP contribution in [0.4, 0.5) is 0 Å². The van der Waals surface area contributed by atoms with Crippen molar-refractivity contribution in [2.45, 2.75) is 5.37 Å². The van der Waals surface area contributed by atoms with E-state index < -0.39 is 0 Å². The second kappa shape index (κ2) is 2.12. The summed E-state index contributed by atoms with van der Waals surface area (Å²) in [6.07, 6.45) is 3.36. The minimum absolute atomic E-state index is 0.171. The third kappa shape index (κ3) is 1.31. The topological polar surface area (TPSA) is 21.3 Å². The van der Waals surface area contributed by atoms with Crippen LogP contribution < -0.4 is 5.32 Å². The Bertz CT molecular complexity index is 83.8. The molecule has 1 atom stereocenters. The lowest BCUT2D eigenvalue weighted by molar-refractivity contribution is 0.227. The molecule has 0 fully saturated rings. The van der Waals surface area contributed by atoms with Crippen LogP contribution in [0.1, 0.15) is 0 Å². The summed E-state index contributed by atoms with van der Waals surface area (Å²) in [4.78, 5) is 0. The minimum Gasteiger partial charge on any atom is -0.497 e. The monoisotopic (exact) mass is 117 g/mol. The lowest BCUT2D eigenvalue weighted by Crippen LogP contribution is -2.25. The van der Waals surface area contributed by atoms with Crippen LogP contribution in [0.25, 0.3) is 0 Å². The van der Waals surface area contributed by atoms with Gasteiger partial charge in [0, 0.05) is 6.20 Å². The Balaban J connectivity index is 2.32. The predicted molar refractivity (Wildman–Crippen MR) is 31.0 cm³/mol. The Morgan fingerprint density at radius 2 is 2.71 bits per heavy atom. The molecule has 1 N–H and O–H groups in total. The Kier molecular flexibility index (Phi) is 1.46. The van der Waals surface area contributed by atoms with Gasteiger partial charge < -0.3 is 10.1 Å². The van der Waals surface area contributed by atoms with Gasteiger partial charge in [0.05, 0.1) is 6.26 Å². The van der Waals surface area contributed by atoms with Crippen molar-refractivity contribution >= 4 is 12.6 Å². The third-order valence-corrected chi connectivity index (χ3v) is 1.01. The molecule has 0 saturated heterocycles. The number of nitrogens with one attached hydrogen (secondary N) is 1. The van der Waals surface area contributed by atoms with Crippen molar-refractivity contribution in [1.82, 2.24) is 5.32 Å². The Labute approximate surface area is 48.0 Å². The largest absolute Gasteiger partial charge is 0.497 e. The van der Waals surface area contributed by atoms with Gasteiger partial charge in [0.25, 0.3) is 0 Å². The maximum atomic E-state index is 4.86. The Hall–Kier alpha value is -0.310. The molecular formula is C4H7NOS. The van der Waals surface area contributed by atoms with Crippen molar-refractivity contribution in [1.29, 1.82) is 0 Å². The van der Waals surface area contributed by atoms with Crippen LogP contribution in [0.3, 0.4) is 0 Å². The summed E-state index contributed by atoms with van der Waals surface area (Å²) < 4.78 is 4.86. The van der Waals surface area contributed by atoms with Gasteiger partial charge >= 0.3 is 0 Å². The molecule has 0 bridgehead atoms. The van der Waals surface area contributed by atoms with E-state index in [-0.39, 0.29) is 5.37 Å². The van der Waals surface area contributed by atoms with E-state index in [0.29, 0.717) is 6.61 Å². The third-order valence-electron chi connectivity index (χ3n) is 0.707. The second-order valence-corrected chi connectivity index (χ2v) is 1.94. The summed E-state index contributed by atoms with van der Waals surface area (Å²) in [6, 6.07) is 0.